The fraction of sp³-hybridized carbons (Fsp3) is 0. The fourth-order valence-corrected chi connectivity index (χ4v) is 13.5. The van der Waals surface area contributed by atoms with Crippen molar-refractivity contribution in [3.05, 3.63) is 320 Å². The van der Waals surface area contributed by atoms with Crippen molar-refractivity contribution in [1.29, 1.82) is 5.26 Å². The maximum atomic E-state index is 9.82. The number of hydrogen-bond acceptors (Lipinski definition) is 4. The minimum atomic E-state index is 0.536. The molecule has 0 fully saturated rings. The Hall–Kier alpha value is -12.8. The summed E-state index contributed by atoms with van der Waals surface area (Å²) in [6.45, 7) is 7.72. The van der Waals surface area contributed by atoms with Crippen LogP contribution in [-0.4, -0.2) is 28.7 Å². The molecule has 8 nitrogen and oxygen atoms in total. The van der Waals surface area contributed by atoms with Crippen LogP contribution in [0.25, 0.3) is 166 Å². The molecule has 0 bridgehead atoms. The van der Waals surface area contributed by atoms with Gasteiger partial charge < -0.3 is 13.7 Å². The maximum absolute atomic E-state index is 9.82. The predicted molar refractivity (Wildman–Crippen MR) is 372 cm³/mol. The zero-order chi connectivity index (χ0) is 60.5. The highest BCUT2D eigenvalue weighted by molar-refractivity contribution is 6.14. The molecule has 17 rings (SSSR count). The van der Waals surface area contributed by atoms with Crippen LogP contribution in [-0.2, 0) is 0 Å². The normalized spacial score (nSPS) is 11.5. The molecule has 91 heavy (non-hydrogen) atoms. The molecule has 0 amide bonds. The summed E-state index contributed by atoms with van der Waals surface area (Å²) in [5, 5.41) is 16.7. The van der Waals surface area contributed by atoms with E-state index >= 15 is 0 Å². The highest BCUT2D eigenvalue weighted by atomic mass is 15.0. The smallest absolute Gasteiger partial charge is 0.187 e. The van der Waals surface area contributed by atoms with Crippen LogP contribution in [0.4, 0.5) is 5.69 Å². The van der Waals surface area contributed by atoms with Gasteiger partial charge in [0.2, 0.25) is 0 Å². The summed E-state index contributed by atoms with van der Waals surface area (Å²) in [6, 6.07) is 109. The summed E-state index contributed by atoms with van der Waals surface area (Å²) < 4.78 is 7.18. The van der Waals surface area contributed by atoms with E-state index < -0.39 is 0 Å². The van der Waals surface area contributed by atoms with Crippen molar-refractivity contribution in [3.63, 3.8) is 0 Å². The zero-order valence-electron chi connectivity index (χ0n) is 48.9. The average Bonchev–Trinajstić information content (AvgIpc) is 1.66. The maximum Gasteiger partial charge on any atom is 0.187 e. The Balaban J connectivity index is 0.972. The molecule has 0 aliphatic carbocycles. The van der Waals surface area contributed by atoms with Gasteiger partial charge >= 0.3 is 0 Å². The van der Waals surface area contributed by atoms with Crippen molar-refractivity contribution >= 4 is 71.1 Å². The summed E-state index contributed by atoms with van der Waals surface area (Å²) in [6.07, 6.45) is 0. The summed E-state index contributed by atoms with van der Waals surface area (Å²) in [4.78, 5) is 19.7. The van der Waals surface area contributed by atoms with Crippen molar-refractivity contribution < 1.29 is 0 Å². The van der Waals surface area contributed by atoms with Crippen molar-refractivity contribution in [2.24, 2.45) is 0 Å². The van der Waals surface area contributed by atoms with E-state index in [1.165, 1.54) is 21.5 Å². The number of benzene rings is 13. The van der Waals surface area contributed by atoms with E-state index in [4.69, 9.17) is 21.5 Å². The van der Waals surface area contributed by atoms with Crippen LogP contribution in [0.5, 0.6) is 0 Å². The predicted octanol–water partition coefficient (Wildman–Crippen LogP) is 21.3. The Labute approximate surface area is 524 Å². The Morgan fingerprint density at radius 1 is 0.286 bits per heavy atom. The Morgan fingerprint density at radius 3 is 1.02 bits per heavy atom. The Morgan fingerprint density at radius 2 is 0.626 bits per heavy atom. The van der Waals surface area contributed by atoms with E-state index in [1.54, 1.807) is 0 Å². The molecule has 0 spiro atoms. The van der Waals surface area contributed by atoms with Gasteiger partial charge in [0.25, 0.3) is 0 Å². The van der Waals surface area contributed by atoms with E-state index in [2.05, 4.69) is 219 Å². The molecule has 17 aromatic rings. The average molecular weight is 1160 g/mol. The quantitative estimate of drug-likeness (QED) is 0.128. The molecule has 0 saturated heterocycles. The van der Waals surface area contributed by atoms with Gasteiger partial charge in [0.1, 0.15) is 0 Å². The molecule has 0 aliphatic rings. The summed E-state index contributed by atoms with van der Waals surface area (Å²) in [7, 11) is 0. The van der Waals surface area contributed by atoms with Gasteiger partial charge in [-0.05, 0) is 130 Å². The molecule has 4 heterocycles. The van der Waals surface area contributed by atoms with Gasteiger partial charge in [-0.3, -0.25) is 0 Å². The van der Waals surface area contributed by atoms with Crippen LogP contribution in [0.1, 0.15) is 5.56 Å². The van der Waals surface area contributed by atoms with Gasteiger partial charge in [0, 0.05) is 71.5 Å². The molecular weight excluding hydrogens is 1110 g/mol. The minimum Gasteiger partial charge on any atom is -0.309 e. The lowest BCUT2D eigenvalue weighted by Gasteiger charge is -2.22. The summed E-state index contributed by atoms with van der Waals surface area (Å²) in [5.41, 5.74) is 21.4. The second-order valence-corrected chi connectivity index (χ2v) is 22.9. The zero-order valence-corrected chi connectivity index (χ0v) is 48.9. The molecule has 0 N–H and O–H groups in total. The number of nitrogens with zero attached hydrogens (tertiary/aromatic N) is 8. The number of fused-ring (bicyclic) bond motifs is 9. The van der Waals surface area contributed by atoms with Crippen molar-refractivity contribution in [1.82, 2.24) is 28.7 Å². The van der Waals surface area contributed by atoms with Crippen LogP contribution < -0.4 is 0 Å². The monoisotopic (exact) mass is 1160 g/mol. The van der Waals surface area contributed by atoms with Crippen molar-refractivity contribution in [2.45, 2.75) is 0 Å². The number of rotatable bonds is 10. The first-order valence-electron chi connectivity index (χ1n) is 30.3. The SMILES string of the molecule is [C-]#[N+]c1ccc(-c2ccc3c(c2)c2cc(-c4ccc(C#N)cc4)ccc2n3-c2c(-c3ccc(-n4c5ccccc5c5ccccc54)cc3)cc(-c3nc(-c4ccccc4)nc(-c4ccccc4)n3)cc2-c2ccc(-n3c4ccccc4c4ccccc43)cc2)cc1. The largest absolute Gasteiger partial charge is 0.309 e. The highest BCUT2D eigenvalue weighted by Gasteiger charge is 2.25. The molecule has 0 saturated carbocycles. The third kappa shape index (κ3) is 8.94. The minimum absolute atomic E-state index is 0.536. The lowest BCUT2D eigenvalue weighted by Crippen LogP contribution is -2.04. The van der Waals surface area contributed by atoms with Crippen molar-refractivity contribution in [2.75, 3.05) is 0 Å². The molecule has 0 radical (unpaired) electrons. The van der Waals surface area contributed by atoms with Crippen LogP contribution in [0.15, 0.2) is 303 Å². The van der Waals surface area contributed by atoms with E-state index in [-0.39, 0.29) is 0 Å². The van der Waals surface area contributed by atoms with E-state index in [1.807, 2.05) is 109 Å². The third-order valence-electron chi connectivity index (χ3n) is 17.8. The van der Waals surface area contributed by atoms with Crippen LogP contribution in [0, 0.1) is 17.9 Å². The highest BCUT2D eigenvalue weighted by Crippen LogP contribution is 2.47. The second-order valence-electron chi connectivity index (χ2n) is 22.9. The van der Waals surface area contributed by atoms with Crippen LogP contribution in [0.3, 0.4) is 0 Å². The Kier molecular flexibility index (Phi) is 12.5. The van der Waals surface area contributed by atoms with Gasteiger partial charge in [0.05, 0.1) is 57.0 Å². The topological polar surface area (TPSA) is 81.6 Å². The Bertz CT molecular complexity index is 5350. The summed E-state index contributed by atoms with van der Waals surface area (Å²) in [5.74, 6) is 1.68. The van der Waals surface area contributed by atoms with Gasteiger partial charge in [-0.2, -0.15) is 5.26 Å². The number of aromatic nitrogens is 6. The molecule has 0 atom stereocenters. The standard InChI is InChI=1S/C83H50N8/c1-85-63-40-32-55(33-41-63)61-39-47-79-73(49-61)72-48-60(54-30-28-53(52-84)29-31-54)38-46-78(72)91(79)80-70(56-34-42-64(43-35-56)89-74-24-12-8-20-66(74)67-21-9-13-25-75(67)89)50-62(83-87-81(58-16-4-2-5-17-58)86-82(88-83)59-18-6-3-7-19-59)51-71(80)57-36-44-65(45-37-57)90-76-26-14-10-22-68(76)69-23-11-15-27-77(69)90/h2-51H. The van der Waals surface area contributed by atoms with E-state index in [0.717, 1.165) is 122 Å². The molecule has 13 aromatic carbocycles. The van der Waals surface area contributed by atoms with Crippen molar-refractivity contribution in [3.8, 4) is 102 Å². The number of nitriles is 1. The third-order valence-corrected chi connectivity index (χ3v) is 17.8. The van der Waals surface area contributed by atoms with Crippen LogP contribution in [0.2, 0.25) is 0 Å². The lowest BCUT2D eigenvalue weighted by atomic mass is 9.92. The molecule has 8 heteroatoms. The van der Waals surface area contributed by atoms with Gasteiger partial charge in [-0.1, -0.05) is 206 Å². The fourth-order valence-electron chi connectivity index (χ4n) is 13.5. The first-order chi connectivity index (χ1) is 45.0. The number of para-hydroxylation sites is 4. The van der Waals surface area contributed by atoms with E-state index in [0.29, 0.717) is 28.7 Å². The lowest BCUT2D eigenvalue weighted by molar-refractivity contribution is 1.07. The molecule has 422 valence electrons. The molecule has 4 aromatic heterocycles. The molecular formula is C83H50N8. The second kappa shape index (κ2) is 21.6. The number of hydrogen-bond donors (Lipinski definition) is 0. The summed E-state index contributed by atoms with van der Waals surface area (Å²) >= 11 is 0. The van der Waals surface area contributed by atoms with Gasteiger partial charge in [-0.15, -0.1) is 0 Å². The van der Waals surface area contributed by atoms with Gasteiger partial charge in [-0.25, -0.2) is 19.8 Å². The first-order valence-corrected chi connectivity index (χ1v) is 30.3. The van der Waals surface area contributed by atoms with E-state index in [9.17, 15) is 5.26 Å². The molecule has 0 aliphatic heterocycles. The van der Waals surface area contributed by atoms with Crippen LogP contribution >= 0.6 is 0 Å². The first kappa shape index (κ1) is 52.6. The van der Waals surface area contributed by atoms with Gasteiger partial charge in [0.15, 0.2) is 23.2 Å². The molecule has 0 unspecified atom stereocenters.